The lowest BCUT2D eigenvalue weighted by Crippen LogP contribution is -2.34. The van der Waals surface area contributed by atoms with E-state index in [1.807, 2.05) is 0 Å². The van der Waals surface area contributed by atoms with E-state index in [0.29, 0.717) is 6.42 Å². The molecule has 1 aromatic carbocycles. The van der Waals surface area contributed by atoms with E-state index in [2.05, 4.69) is 5.32 Å². The van der Waals surface area contributed by atoms with Crippen molar-refractivity contribution >= 4 is 23.5 Å². The first-order valence-electron chi connectivity index (χ1n) is 6.65. The first kappa shape index (κ1) is 15.6. The number of carboxylic acid groups (broad SMARTS) is 2. The smallest absolute Gasteiger partial charge is 0.339 e. The third-order valence-corrected chi connectivity index (χ3v) is 3.58. The second kappa shape index (κ2) is 6.30. The largest absolute Gasteiger partial charge is 0.507 e. The number of carbonyl (C=O) groups is 3. The maximum atomic E-state index is 12.2. The molecule has 0 radical (unpaired) electrons. The summed E-state index contributed by atoms with van der Waals surface area (Å²) in [5, 5.41) is 30.0. The van der Waals surface area contributed by atoms with Crippen molar-refractivity contribution in [1.82, 2.24) is 0 Å². The van der Waals surface area contributed by atoms with Crippen LogP contribution in [0.3, 0.4) is 0 Å². The number of aromatic hydroxyl groups is 1. The second-order valence-corrected chi connectivity index (χ2v) is 5.02. The molecule has 1 amide bonds. The van der Waals surface area contributed by atoms with Crippen LogP contribution >= 0.6 is 0 Å². The van der Waals surface area contributed by atoms with Gasteiger partial charge in [0.25, 0.3) is 0 Å². The number of amides is 1. The number of hydrogen-bond acceptors (Lipinski definition) is 4. The molecule has 22 heavy (non-hydrogen) atoms. The number of aliphatic carboxylic acids is 1. The van der Waals surface area contributed by atoms with Crippen LogP contribution in [0.15, 0.2) is 30.4 Å². The van der Waals surface area contributed by atoms with E-state index < -0.39 is 35.4 Å². The predicted octanol–water partition coefficient (Wildman–Crippen LogP) is 1.70. The Morgan fingerprint density at radius 2 is 1.68 bits per heavy atom. The SMILES string of the molecule is O=C(O)c1cc(NC(=O)[C@@H]2CC=CC[C@@H]2C(=O)O)ccc1O. The van der Waals surface area contributed by atoms with Crippen LogP contribution in [0.5, 0.6) is 5.75 Å². The number of allylic oxidation sites excluding steroid dienone is 2. The van der Waals surface area contributed by atoms with E-state index in [9.17, 15) is 19.5 Å². The van der Waals surface area contributed by atoms with Gasteiger partial charge < -0.3 is 20.6 Å². The lowest BCUT2D eigenvalue weighted by molar-refractivity contribution is -0.146. The van der Waals surface area contributed by atoms with Gasteiger partial charge in [-0.3, -0.25) is 9.59 Å². The van der Waals surface area contributed by atoms with Gasteiger partial charge in [0, 0.05) is 5.69 Å². The van der Waals surface area contributed by atoms with Crippen LogP contribution in [0.2, 0.25) is 0 Å². The highest BCUT2D eigenvalue weighted by atomic mass is 16.4. The number of aromatic carboxylic acids is 1. The van der Waals surface area contributed by atoms with Gasteiger partial charge in [0.2, 0.25) is 5.91 Å². The van der Waals surface area contributed by atoms with Crippen molar-refractivity contribution in [3.63, 3.8) is 0 Å². The fourth-order valence-corrected chi connectivity index (χ4v) is 2.40. The Kier molecular flexibility index (Phi) is 4.45. The van der Waals surface area contributed by atoms with Gasteiger partial charge in [-0.05, 0) is 31.0 Å². The number of nitrogens with one attached hydrogen (secondary N) is 1. The van der Waals surface area contributed by atoms with Crippen molar-refractivity contribution < 1.29 is 29.7 Å². The molecule has 1 aliphatic rings. The second-order valence-electron chi connectivity index (χ2n) is 5.02. The summed E-state index contributed by atoms with van der Waals surface area (Å²) in [5.41, 5.74) is -0.144. The molecule has 0 saturated carbocycles. The zero-order valence-corrected chi connectivity index (χ0v) is 11.5. The summed E-state index contributed by atoms with van der Waals surface area (Å²) in [5.74, 6) is -4.78. The molecule has 0 unspecified atom stereocenters. The third kappa shape index (κ3) is 3.25. The number of benzene rings is 1. The lowest BCUT2D eigenvalue weighted by atomic mass is 9.82. The van der Waals surface area contributed by atoms with Crippen molar-refractivity contribution in [3.05, 3.63) is 35.9 Å². The Morgan fingerprint density at radius 1 is 1.05 bits per heavy atom. The molecule has 2 atom stereocenters. The van der Waals surface area contributed by atoms with Gasteiger partial charge in [0.1, 0.15) is 11.3 Å². The topological polar surface area (TPSA) is 124 Å². The highest BCUT2D eigenvalue weighted by molar-refractivity contribution is 5.97. The Labute approximate surface area is 125 Å². The van der Waals surface area contributed by atoms with Gasteiger partial charge in [-0.15, -0.1) is 0 Å². The number of rotatable bonds is 4. The van der Waals surface area contributed by atoms with E-state index in [4.69, 9.17) is 10.2 Å². The normalized spacial score (nSPS) is 20.4. The maximum absolute atomic E-state index is 12.2. The average Bonchev–Trinajstić information content (AvgIpc) is 2.48. The van der Waals surface area contributed by atoms with Crippen LogP contribution in [-0.4, -0.2) is 33.2 Å². The fraction of sp³-hybridized carbons (Fsp3) is 0.267. The molecular formula is C15H15NO6. The van der Waals surface area contributed by atoms with Crippen molar-refractivity contribution in [2.24, 2.45) is 11.8 Å². The summed E-state index contributed by atoms with van der Waals surface area (Å²) in [7, 11) is 0. The fourth-order valence-electron chi connectivity index (χ4n) is 2.40. The van der Waals surface area contributed by atoms with Gasteiger partial charge in [-0.25, -0.2) is 4.79 Å². The number of carbonyl (C=O) groups excluding carboxylic acids is 1. The van der Waals surface area contributed by atoms with Crippen molar-refractivity contribution in [2.75, 3.05) is 5.32 Å². The van der Waals surface area contributed by atoms with Crippen LogP contribution in [0.1, 0.15) is 23.2 Å². The molecule has 0 heterocycles. The molecule has 1 aromatic rings. The quantitative estimate of drug-likeness (QED) is 0.496. The molecule has 4 N–H and O–H groups in total. The van der Waals surface area contributed by atoms with Crippen LogP contribution in [0.4, 0.5) is 5.69 Å². The monoisotopic (exact) mass is 305 g/mol. The number of hydrogen-bond donors (Lipinski definition) is 4. The van der Waals surface area contributed by atoms with Crippen LogP contribution in [0.25, 0.3) is 0 Å². The first-order valence-corrected chi connectivity index (χ1v) is 6.65. The van der Waals surface area contributed by atoms with Crippen LogP contribution in [0, 0.1) is 11.8 Å². The molecule has 0 fully saturated rings. The predicted molar refractivity (Wildman–Crippen MR) is 76.7 cm³/mol. The third-order valence-electron chi connectivity index (χ3n) is 3.58. The van der Waals surface area contributed by atoms with E-state index >= 15 is 0 Å². The van der Waals surface area contributed by atoms with E-state index in [-0.39, 0.29) is 17.7 Å². The van der Waals surface area contributed by atoms with E-state index in [0.717, 1.165) is 12.1 Å². The van der Waals surface area contributed by atoms with Crippen molar-refractivity contribution in [3.8, 4) is 5.75 Å². The maximum Gasteiger partial charge on any atom is 0.339 e. The summed E-state index contributed by atoms with van der Waals surface area (Å²) in [6.07, 6.45) is 4.07. The summed E-state index contributed by atoms with van der Waals surface area (Å²) < 4.78 is 0. The molecule has 7 heteroatoms. The first-order chi connectivity index (χ1) is 10.4. The summed E-state index contributed by atoms with van der Waals surface area (Å²) in [4.78, 5) is 34.4. The van der Waals surface area contributed by atoms with Gasteiger partial charge in [-0.2, -0.15) is 0 Å². The minimum atomic E-state index is -1.32. The summed E-state index contributed by atoms with van der Waals surface area (Å²) >= 11 is 0. The van der Waals surface area contributed by atoms with E-state index in [1.54, 1.807) is 12.2 Å². The standard InChI is InChI=1S/C15H15NO6/c17-12-6-5-8(7-11(12)15(21)22)16-13(18)9-3-1-2-4-10(9)14(19)20/h1-2,5-7,9-10,17H,3-4H2,(H,16,18)(H,19,20)(H,21,22)/t9-,10+/m1/s1. The van der Waals surface area contributed by atoms with Crippen molar-refractivity contribution in [2.45, 2.75) is 12.8 Å². The van der Waals surface area contributed by atoms with Crippen LogP contribution < -0.4 is 5.32 Å². The molecule has 0 spiro atoms. The Balaban J connectivity index is 2.18. The van der Waals surface area contributed by atoms with Crippen LogP contribution in [-0.2, 0) is 9.59 Å². The zero-order valence-electron chi connectivity index (χ0n) is 11.5. The minimum Gasteiger partial charge on any atom is -0.507 e. The Bertz CT molecular complexity index is 651. The zero-order chi connectivity index (χ0) is 16.3. The van der Waals surface area contributed by atoms with Gasteiger partial charge in [0.15, 0.2) is 0 Å². The molecule has 2 rings (SSSR count). The molecule has 116 valence electrons. The molecule has 1 aliphatic carbocycles. The van der Waals surface area contributed by atoms with Gasteiger partial charge in [-0.1, -0.05) is 12.2 Å². The molecule has 0 aliphatic heterocycles. The Hall–Kier alpha value is -2.83. The van der Waals surface area contributed by atoms with Crippen molar-refractivity contribution in [1.29, 1.82) is 0 Å². The summed E-state index contributed by atoms with van der Waals surface area (Å²) in [6.45, 7) is 0. The molecule has 0 aromatic heterocycles. The number of phenols is 1. The van der Waals surface area contributed by atoms with E-state index in [1.165, 1.54) is 6.07 Å². The Morgan fingerprint density at radius 3 is 2.27 bits per heavy atom. The molecule has 0 bridgehead atoms. The average molecular weight is 305 g/mol. The molecule has 7 nitrogen and oxygen atoms in total. The molecule has 0 saturated heterocycles. The number of carboxylic acids is 2. The minimum absolute atomic E-state index is 0.193. The lowest BCUT2D eigenvalue weighted by Gasteiger charge is -2.24. The number of anilines is 1. The van der Waals surface area contributed by atoms with Gasteiger partial charge in [0.05, 0.1) is 11.8 Å². The highest BCUT2D eigenvalue weighted by Crippen LogP contribution is 2.28. The molecular weight excluding hydrogens is 290 g/mol. The highest BCUT2D eigenvalue weighted by Gasteiger charge is 2.34. The summed E-state index contributed by atoms with van der Waals surface area (Å²) in [6, 6.07) is 3.65. The van der Waals surface area contributed by atoms with Gasteiger partial charge >= 0.3 is 11.9 Å².